The number of aromatic hydroxyl groups is 1. The normalized spacial score (nSPS) is 35.1. The first-order chi connectivity index (χ1) is 18.5. The largest absolute Gasteiger partial charge is 0.507 e. The quantitative estimate of drug-likeness (QED) is 0.530. The predicted octanol–water partition coefficient (Wildman–Crippen LogP) is 4.56. The van der Waals surface area contributed by atoms with Gasteiger partial charge >= 0.3 is 0 Å². The summed E-state index contributed by atoms with van der Waals surface area (Å²) in [5.74, 6) is -8.66. The van der Waals surface area contributed by atoms with Gasteiger partial charge in [-0.05, 0) is 66.2 Å². The maximum atomic E-state index is 14.5. The third kappa shape index (κ3) is 3.42. The molecular formula is C33H38O7. The summed E-state index contributed by atoms with van der Waals surface area (Å²) in [5, 5.41) is 23.6. The summed E-state index contributed by atoms with van der Waals surface area (Å²) in [6.07, 6.45) is 6.64. The number of ketones is 5. The van der Waals surface area contributed by atoms with Crippen LogP contribution in [-0.4, -0.2) is 44.7 Å². The highest BCUT2D eigenvalue weighted by atomic mass is 16.3. The Hall–Kier alpha value is -3.19. The van der Waals surface area contributed by atoms with Crippen LogP contribution in [0.1, 0.15) is 94.3 Å². The molecule has 3 unspecified atom stereocenters. The molecular weight excluding hydrogens is 508 g/mol. The molecule has 4 aliphatic carbocycles. The van der Waals surface area contributed by atoms with Crippen LogP contribution in [0.3, 0.4) is 0 Å². The van der Waals surface area contributed by atoms with Gasteiger partial charge in [0.25, 0.3) is 0 Å². The number of carbonyl (C=O) groups excluding carboxylic acids is 5. The van der Waals surface area contributed by atoms with E-state index in [2.05, 4.69) is 0 Å². The number of allylic oxidation sites excluding steroid dienone is 4. The monoisotopic (exact) mass is 546 g/mol. The van der Waals surface area contributed by atoms with E-state index in [1.165, 1.54) is 0 Å². The van der Waals surface area contributed by atoms with Gasteiger partial charge in [0, 0.05) is 16.9 Å². The molecule has 4 aliphatic rings. The average Bonchev–Trinajstić information content (AvgIpc) is 3.35. The van der Waals surface area contributed by atoms with Gasteiger partial charge in [-0.3, -0.25) is 24.0 Å². The maximum Gasteiger partial charge on any atom is 0.190 e. The van der Waals surface area contributed by atoms with E-state index in [4.69, 9.17) is 0 Å². The van der Waals surface area contributed by atoms with E-state index < -0.39 is 63.1 Å². The zero-order valence-corrected chi connectivity index (χ0v) is 24.3. The van der Waals surface area contributed by atoms with Crippen molar-refractivity contribution in [3.05, 3.63) is 46.5 Å². The summed E-state index contributed by atoms with van der Waals surface area (Å²) < 4.78 is 0. The van der Waals surface area contributed by atoms with E-state index in [1.807, 2.05) is 45.1 Å². The highest BCUT2D eigenvalue weighted by Gasteiger charge is 2.76. The molecule has 0 bridgehead atoms. The number of rotatable bonds is 4. The molecule has 0 heterocycles. The van der Waals surface area contributed by atoms with Gasteiger partial charge in [-0.25, -0.2) is 0 Å². The van der Waals surface area contributed by atoms with Gasteiger partial charge in [0.15, 0.2) is 28.7 Å². The highest BCUT2D eigenvalue weighted by molar-refractivity contribution is 6.32. The van der Waals surface area contributed by atoms with Crippen LogP contribution in [0.4, 0.5) is 0 Å². The molecule has 212 valence electrons. The van der Waals surface area contributed by atoms with Crippen molar-refractivity contribution in [2.75, 3.05) is 0 Å². The minimum Gasteiger partial charge on any atom is -0.507 e. The second-order valence-electron chi connectivity index (χ2n) is 13.5. The topological polar surface area (TPSA) is 126 Å². The van der Waals surface area contributed by atoms with Crippen molar-refractivity contribution in [2.24, 2.45) is 34.5 Å². The lowest BCUT2D eigenvalue weighted by atomic mass is 9.39. The van der Waals surface area contributed by atoms with Crippen LogP contribution in [0.15, 0.2) is 24.3 Å². The second kappa shape index (κ2) is 8.90. The van der Waals surface area contributed by atoms with Crippen molar-refractivity contribution in [3.63, 3.8) is 0 Å². The van der Waals surface area contributed by atoms with Crippen molar-refractivity contribution >= 4 is 34.5 Å². The Morgan fingerprint density at radius 1 is 1.05 bits per heavy atom. The molecule has 7 nitrogen and oxygen atoms in total. The first kappa shape index (κ1) is 28.3. The third-order valence-electron chi connectivity index (χ3n) is 10.2. The predicted molar refractivity (Wildman–Crippen MR) is 149 cm³/mol. The van der Waals surface area contributed by atoms with Crippen LogP contribution in [0.5, 0.6) is 5.75 Å². The van der Waals surface area contributed by atoms with Crippen LogP contribution in [0.2, 0.25) is 0 Å². The Kier molecular flexibility index (Phi) is 6.31. The lowest BCUT2D eigenvalue weighted by Crippen LogP contribution is -2.76. The average molecular weight is 547 g/mol. The van der Waals surface area contributed by atoms with Crippen LogP contribution in [-0.2, 0) is 25.6 Å². The summed E-state index contributed by atoms with van der Waals surface area (Å²) in [6, 6.07) is 1.93. The van der Waals surface area contributed by atoms with Crippen molar-refractivity contribution in [1.29, 1.82) is 0 Å². The second-order valence-corrected chi connectivity index (χ2v) is 13.5. The molecule has 2 N–H and O–H groups in total. The van der Waals surface area contributed by atoms with Gasteiger partial charge in [0.05, 0.1) is 11.5 Å². The molecule has 2 fully saturated rings. The summed E-state index contributed by atoms with van der Waals surface area (Å²) >= 11 is 0. The Morgan fingerprint density at radius 2 is 1.70 bits per heavy atom. The van der Waals surface area contributed by atoms with Crippen LogP contribution >= 0.6 is 0 Å². The van der Waals surface area contributed by atoms with E-state index >= 15 is 0 Å². The number of phenolic OH excluding ortho intramolecular Hbond substituents is 1. The van der Waals surface area contributed by atoms with Crippen molar-refractivity contribution in [3.8, 4) is 5.75 Å². The Labute approximate surface area is 234 Å². The van der Waals surface area contributed by atoms with Crippen molar-refractivity contribution in [2.45, 2.75) is 79.2 Å². The number of hydrogen-bond acceptors (Lipinski definition) is 7. The van der Waals surface area contributed by atoms with Crippen LogP contribution < -0.4 is 0 Å². The lowest BCUT2D eigenvalue weighted by Gasteiger charge is -2.62. The maximum absolute atomic E-state index is 14.5. The molecule has 0 saturated heterocycles. The molecule has 0 aliphatic heterocycles. The molecule has 2 saturated carbocycles. The fraction of sp³-hybridized carbons (Fsp3) is 0.545. The number of hydrogen-bond donors (Lipinski definition) is 2. The van der Waals surface area contributed by atoms with Gasteiger partial charge in [-0.2, -0.15) is 0 Å². The fourth-order valence-electron chi connectivity index (χ4n) is 8.64. The minimum atomic E-state index is -2.68. The van der Waals surface area contributed by atoms with Gasteiger partial charge in [0.1, 0.15) is 17.5 Å². The first-order valence-corrected chi connectivity index (χ1v) is 14.2. The highest BCUT2D eigenvalue weighted by Crippen LogP contribution is 2.64. The summed E-state index contributed by atoms with van der Waals surface area (Å²) in [4.78, 5) is 68.8. The number of benzene rings is 1. The Morgan fingerprint density at radius 3 is 2.23 bits per heavy atom. The number of carbonyl (C=O) groups is 5. The van der Waals surface area contributed by atoms with Gasteiger partial charge < -0.3 is 10.2 Å². The molecule has 6 atom stereocenters. The zero-order valence-electron chi connectivity index (χ0n) is 24.3. The number of aliphatic hydroxyl groups is 1. The molecule has 0 aromatic heterocycles. The Bertz CT molecular complexity index is 1460. The Balaban J connectivity index is 1.76. The fourth-order valence-corrected chi connectivity index (χ4v) is 8.64. The standard InChI is InChI=1S/C33H38O7/c1-15(2)19-12-20(18-10-8-9-11-18)26(35)23-21(19)13-31(6)14-32(7)24(16(3)4)27(36)22(17(5)34)29(38)33(32,40)30(39)25(31)28(23)37/h8-10,12,15-16,22,24-25,35,40H,11,13-14H2,1-7H3/t22?,24?,25?,31-,32-,33+/m1/s1. The van der Waals surface area contributed by atoms with Gasteiger partial charge in [-0.15, -0.1) is 0 Å². The van der Waals surface area contributed by atoms with E-state index in [0.29, 0.717) is 17.5 Å². The minimum absolute atomic E-state index is 0.0143. The van der Waals surface area contributed by atoms with Gasteiger partial charge in [-0.1, -0.05) is 59.8 Å². The number of fused-ring (bicyclic) bond motifs is 3. The van der Waals surface area contributed by atoms with Crippen LogP contribution in [0, 0.1) is 34.5 Å². The van der Waals surface area contributed by atoms with Crippen molar-refractivity contribution in [1.82, 2.24) is 0 Å². The summed E-state index contributed by atoms with van der Waals surface area (Å²) in [6.45, 7) is 12.1. The molecule has 0 radical (unpaired) electrons. The number of Topliss-reactive ketones (excluding diaryl/α,β-unsaturated/α-hetero) is 5. The SMILES string of the molecule is CC(=O)C1C(=O)C(C(C)C)[C@@]2(C)C[C@@]3(C)Cc4c(C(C)C)cc(C5=CC=CC5)c(O)c4C(=O)C3C(=O)[C@@]2(O)C1=O. The van der Waals surface area contributed by atoms with E-state index in [1.54, 1.807) is 20.8 Å². The smallest absolute Gasteiger partial charge is 0.190 e. The van der Waals surface area contributed by atoms with E-state index in [0.717, 1.165) is 18.1 Å². The zero-order chi connectivity index (χ0) is 29.7. The van der Waals surface area contributed by atoms with E-state index in [9.17, 15) is 34.2 Å². The molecule has 40 heavy (non-hydrogen) atoms. The molecule has 1 aromatic carbocycles. The first-order valence-electron chi connectivity index (χ1n) is 14.2. The molecule has 0 spiro atoms. The van der Waals surface area contributed by atoms with Gasteiger partial charge in [0.2, 0.25) is 0 Å². The lowest BCUT2D eigenvalue weighted by molar-refractivity contribution is -0.205. The molecule has 1 aromatic rings. The van der Waals surface area contributed by atoms with E-state index in [-0.39, 0.29) is 36.0 Å². The summed E-state index contributed by atoms with van der Waals surface area (Å²) in [5.41, 5.74) is -2.19. The molecule has 7 heteroatoms. The van der Waals surface area contributed by atoms with Crippen LogP contribution in [0.25, 0.3) is 5.57 Å². The third-order valence-corrected chi connectivity index (χ3v) is 10.2. The summed E-state index contributed by atoms with van der Waals surface area (Å²) in [7, 11) is 0. The molecule has 5 rings (SSSR count). The van der Waals surface area contributed by atoms with Crippen molar-refractivity contribution < 1.29 is 34.2 Å². The number of phenols is 1. The molecule has 0 amide bonds.